The van der Waals surface area contributed by atoms with Crippen molar-refractivity contribution in [3.8, 4) is 0 Å². The maximum Gasteiger partial charge on any atom is 0.323 e. The second-order valence-corrected chi connectivity index (χ2v) is 8.86. The van der Waals surface area contributed by atoms with E-state index in [-0.39, 0.29) is 6.42 Å². The topological polar surface area (TPSA) is 64.6 Å². The predicted octanol–water partition coefficient (Wildman–Crippen LogP) is 4.84. The number of esters is 2. The molecule has 0 spiro atoms. The third-order valence-corrected chi connectivity index (χ3v) is 5.29. The molecule has 0 amide bonds. The van der Waals surface area contributed by atoms with E-state index in [9.17, 15) is 9.59 Å². The molecular weight excluding hydrogens is 414 g/mol. The molecule has 0 saturated heterocycles. The molecule has 0 saturated carbocycles. The second kappa shape index (κ2) is 10.5. The number of benzene rings is 3. The largest absolute Gasteiger partial charge is 0.468 e. The van der Waals surface area contributed by atoms with Crippen LogP contribution >= 0.6 is 0 Å². The Bertz CT molecular complexity index is 947. The summed E-state index contributed by atoms with van der Waals surface area (Å²) in [6.45, 7) is 5.40. The van der Waals surface area contributed by atoms with Gasteiger partial charge in [-0.15, -0.1) is 0 Å². The van der Waals surface area contributed by atoms with Crippen molar-refractivity contribution in [3.05, 3.63) is 108 Å². The number of carbonyl (C=O) groups excluding carboxylic acids is 2. The Labute approximate surface area is 195 Å². The van der Waals surface area contributed by atoms with Crippen LogP contribution in [0.2, 0.25) is 0 Å². The highest BCUT2D eigenvalue weighted by atomic mass is 16.6. The Morgan fingerprint density at radius 2 is 1.15 bits per heavy atom. The minimum atomic E-state index is -0.939. The van der Waals surface area contributed by atoms with Gasteiger partial charge in [-0.3, -0.25) is 14.9 Å². The van der Waals surface area contributed by atoms with Gasteiger partial charge in [-0.2, -0.15) is 0 Å². The van der Waals surface area contributed by atoms with Crippen molar-refractivity contribution in [3.63, 3.8) is 0 Å². The van der Waals surface area contributed by atoms with Gasteiger partial charge < -0.3 is 9.47 Å². The second-order valence-electron chi connectivity index (χ2n) is 8.86. The highest BCUT2D eigenvalue weighted by molar-refractivity contribution is 5.83. The Morgan fingerprint density at radius 3 is 1.48 bits per heavy atom. The minimum absolute atomic E-state index is 0.168. The predicted molar refractivity (Wildman–Crippen MR) is 129 cm³/mol. The summed E-state index contributed by atoms with van der Waals surface area (Å²) in [7, 11) is 1.32. The first-order chi connectivity index (χ1) is 15.8. The molecular formula is C28H31NO4. The molecule has 0 aliphatic carbocycles. The molecule has 0 heterocycles. The van der Waals surface area contributed by atoms with Crippen LogP contribution in [0.5, 0.6) is 0 Å². The van der Waals surface area contributed by atoms with Crippen LogP contribution < -0.4 is 5.32 Å². The number of methoxy groups -OCH3 is 1. The Morgan fingerprint density at radius 1 is 0.758 bits per heavy atom. The van der Waals surface area contributed by atoms with Crippen molar-refractivity contribution in [1.82, 2.24) is 5.32 Å². The monoisotopic (exact) mass is 445 g/mol. The van der Waals surface area contributed by atoms with E-state index in [1.165, 1.54) is 7.11 Å². The quantitative estimate of drug-likeness (QED) is 0.397. The number of hydrogen-bond acceptors (Lipinski definition) is 5. The molecule has 0 aliphatic rings. The van der Waals surface area contributed by atoms with Crippen LogP contribution in [-0.4, -0.2) is 30.7 Å². The van der Waals surface area contributed by atoms with Crippen molar-refractivity contribution in [2.75, 3.05) is 7.11 Å². The highest BCUT2D eigenvalue weighted by Crippen LogP contribution is 2.37. The maximum absolute atomic E-state index is 12.9. The summed E-state index contributed by atoms with van der Waals surface area (Å²) in [5, 5.41) is 3.51. The van der Waals surface area contributed by atoms with Crippen molar-refractivity contribution in [2.45, 2.75) is 44.4 Å². The van der Waals surface area contributed by atoms with Gasteiger partial charge in [0, 0.05) is 0 Å². The molecule has 3 rings (SSSR count). The summed E-state index contributed by atoms with van der Waals surface area (Å²) in [5.74, 6) is -1.01. The van der Waals surface area contributed by atoms with Crippen molar-refractivity contribution < 1.29 is 19.1 Å². The lowest BCUT2D eigenvalue weighted by atomic mass is 9.76. The fourth-order valence-corrected chi connectivity index (χ4v) is 3.96. The average Bonchev–Trinajstić information content (AvgIpc) is 2.82. The molecule has 5 nitrogen and oxygen atoms in total. The molecule has 1 N–H and O–H groups in total. The standard InChI is InChI=1S/C28H31NO4/c1-27(2,3)33-25(30)20-24(26(31)32-4)29-28(21-14-8-5-9-15-21,22-16-10-6-11-17-22)23-18-12-7-13-19-23/h5-19,24,29H,20H2,1-4H3/t24-/m0/s1. The van der Waals surface area contributed by atoms with Crippen molar-refractivity contribution in [1.29, 1.82) is 0 Å². The van der Waals surface area contributed by atoms with E-state index in [1.54, 1.807) is 20.8 Å². The van der Waals surface area contributed by atoms with E-state index in [2.05, 4.69) is 5.32 Å². The van der Waals surface area contributed by atoms with Crippen molar-refractivity contribution >= 4 is 11.9 Å². The number of nitrogens with one attached hydrogen (secondary N) is 1. The maximum atomic E-state index is 12.9. The van der Waals surface area contributed by atoms with Gasteiger partial charge in [-0.05, 0) is 37.5 Å². The van der Waals surface area contributed by atoms with Crippen LogP contribution in [0, 0.1) is 0 Å². The Kier molecular flexibility index (Phi) is 7.67. The molecule has 0 aliphatic heterocycles. The molecule has 5 heteroatoms. The summed E-state index contributed by atoms with van der Waals surface area (Å²) in [6.07, 6.45) is -0.168. The summed E-state index contributed by atoms with van der Waals surface area (Å²) < 4.78 is 10.6. The van der Waals surface area contributed by atoms with Gasteiger partial charge in [0.05, 0.1) is 19.1 Å². The molecule has 0 radical (unpaired) electrons. The van der Waals surface area contributed by atoms with Crippen LogP contribution in [0.25, 0.3) is 0 Å². The van der Waals surface area contributed by atoms with Gasteiger partial charge in [0.25, 0.3) is 0 Å². The number of ether oxygens (including phenoxy) is 2. The van der Waals surface area contributed by atoms with Gasteiger partial charge in [-0.25, -0.2) is 0 Å². The minimum Gasteiger partial charge on any atom is -0.468 e. The fourth-order valence-electron chi connectivity index (χ4n) is 3.96. The highest BCUT2D eigenvalue weighted by Gasteiger charge is 2.41. The lowest BCUT2D eigenvalue weighted by Gasteiger charge is -2.39. The van der Waals surface area contributed by atoms with Gasteiger partial charge in [0.1, 0.15) is 11.6 Å². The third-order valence-electron chi connectivity index (χ3n) is 5.29. The van der Waals surface area contributed by atoms with Crippen LogP contribution in [0.3, 0.4) is 0 Å². The summed E-state index contributed by atoms with van der Waals surface area (Å²) in [4.78, 5) is 25.6. The van der Waals surface area contributed by atoms with E-state index < -0.39 is 29.1 Å². The molecule has 3 aromatic carbocycles. The smallest absolute Gasteiger partial charge is 0.323 e. The number of rotatable bonds is 8. The molecule has 0 aromatic heterocycles. The molecule has 172 valence electrons. The molecule has 3 aromatic rings. The molecule has 33 heavy (non-hydrogen) atoms. The van der Waals surface area contributed by atoms with E-state index in [0.717, 1.165) is 16.7 Å². The first-order valence-corrected chi connectivity index (χ1v) is 11.0. The third kappa shape index (κ3) is 5.88. The van der Waals surface area contributed by atoms with E-state index in [0.29, 0.717) is 0 Å². The average molecular weight is 446 g/mol. The first-order valence-electron chi connectivity index (χ1n) is 11.0. The molecule has 0 bridgehead atoms. The lowest BCUT2D eigenvalue weighted by molar-refractivity contribution is -0.159. The summed E-state index contributed by atoms with van der Waals surface area (Å²) >= 11 is 0. The van der Waals surface area contributed by atoms with Gasteiger partial charge in [0.2, 0.25) is 0 Å². The Balaban J connectivity index is 2.17. The number of carbonyl (C=O) groups is 2. The zero-order valence-electron chi connectivity index (χ0n) is 19.6. The van der Waals surface area contributed by atoms with Crippen LogP contribution in [0.1, 0.15) is 43.9 Å². The van der Waals surface area contributed by atoms with Crippen LogP contribution in [-0.2, 0) is 24.6 Å². The van der Waals surface area contributed by atoms with Gasteiger partial charge in [0.15, 0.2) is 0 Å². The molecule has 1 atom stereocenters. The SMILES string of the molecule is COC(=O)[C@H](CC(=O)OC(C)(C)C)NC(c1ccccc1)(c1ccccc1)c1ccccc1. The van der Waals surface area contributed by atoms with Crippen LogP contribution in [0.15, 0.2) is 91.0 Å². The van der Waals surface area contributed by atoms with E-state index in [4.69, 9.17) is 9.47 Å². The summed E-state index contributed by atoms with van der Waals surface area (Å²) in [6, 6.07) is 28.7. The van der Waals surface area contributed by atoms with Crippen molar-refractivity contribution in [2.24, 2.45) is 0 Å². The molecule has 0 fully saturated rings. The molecule has 0 unspecified atom stereocenters. The lowest BCUT2D eigenvalue weighted by Crippen LogP contribution is -2.53. The zero-order valence-corrected chi connectivity index (χ0v) is 19.6. The van der Waals surface area contributed by atoms with E-state index in [1.807, 2.05) is 91.0 Å². The number of hydrogen-bond donors (Lipinski definition) is 1. The van der Waals surface area contributed by atoms with Gasteiger partial charge >= 0.3 is 11.9 Å². The van der Waals surface area contributed by atoms with Gasteiger partial charge in [-0.1, -0.05) is 91.0 Å². The normalized spacial score (nSPS) is 12.6. The fraction of sp³-hybridized carbons (Fsp3) is 0.286. The van der Waals surface area contributed by atoms with E-state index >= 15 is 0 Å². The first kappa shape index (κ1) is 24.2. The van der Waals surface area contributed by atoms with Crippen LogP contribution in [0.4, 0.5) is 0 Å². The zero-order chi connectivity index (χ0) is 23.9. The summed E-state index contributed by atoms with van der Waals surface area (Å²) in [5.41, 5.74) is 1.22. The Hall–Kier alpha value is -3.44.